The first-order valence-corrected chi connectivity index (χ1v) is 11.6. The van der Waals surface area contributed by atoms with Crippen LogP contribution >= 0.6 is 6.04 Å². The molecule has 2 nitrogen and oxygen atoms in total. The Hall–Kier alpha value is -2.74. The molecule has 0 aliphatic rings. The molecule has 0 saturated heterocycles. The molecule has 0 atom stereocenters. The van der Waals surface area contributed by atoms with Crippen LogP contribution in [0.2, 0.25) is 0 Å². The third-order valence-electron chi connectivity index (χ3n) is 4.43. The van der Waals surface area contributed by atoms with Crippen LogP contribution in [0.5, 0.6) is 0 Å². The van der Waals surface area contributed by atoms with Crippen LogP contribution in [0.25, 0.3) is 0 Å². The molecule has 0 radical (unpaired) electrons. The van der Waals surface area contributed by atoms with Crippen molar-refractivity contribution < 1.29 is 0 Å². The van der Waals surface area contributed by atoms with Gasteiger partial charge in [-0.05, 0) is 28.8 Å². The van der Waals surface area contributed by atoms with Gasteiger partial charge in [-0.15, -0.1) is 0 Å². The van der Waals surface area contributed by atoms with Crippen molar-refractivity contribution in [3.05, 3.63) is 109 Å². The van der Waals surface area contributed by atoms with Crippen LogP contribution in [-0.2, 0) is 11.8 Å². The third-order valence-corrected chi connectivity index (χ3v) is 9.39. The molecule has 132 valence electrons. The zero-order chi connectivity index (χ0) is 18.5. The highest BCUT2D eigenvalue weighted by Gasteiger charge is 2.26. The maximum atomic E-state index is 6.43. The summed E-state index contributed by atoms with van der Waals surface area (Å²) < 4.78 is 0. The van der Waals surface area contributed by atoms with E-state index in [0.29, 0.717) is 0 Å². The average Bonchev–Trinajstić information content (AvgIpc) is 3.27. The summed E-state index contributed by atoms with van der Waals surface area (Å²) in [5, 5.41) is 3.46. The van der Waals surface area contributed by atoms with Gasteiger partial charge >= 0.3 is 0 Å². The van der Waals surface area contributed by atoms with Crippen LogP contribution in [0.1, 0.15) is 5.69 Å². The lowest BCUT2D eigenvalue weighted by atomic mass is 10.3. The van der Waals surface area contributed by atoms with Gasteiger partial charge in [-0.2, -0.15) is 0 Å². The maximum absolute atomic E-state index is 6.43. The summed E-state index contributed by atoms with van der Waals surface area (Å²) in [6, 6.07) is 30.8. The zero-order valence-corrected chi connectivity index (χ0v) is 16.4. The van der Waals surface area contributed by atoms with Gasteiger partial charge in [0.15, 0.2) is 0 Å². The van der Waals surface area contributed by atoms with Crippen molar-refractivity contribution in [3.63, 3.8) is 0 Å². The molecule has 1 heterocycles. The van der Waals surface area contributed by atoms with Crippen molar-refractivity contribution in [1.82, 2.24) is 4.98 Å². The van der Waals surface area contributed by atoms with Gasteiger partial charge in [0.2, 0.25) is 0 Å². The summed E-state index contributed by atoms with van der Waals surface area (Å²) in [7, 11) is 0. The highest BCUT2D eigenvalue weighted by molar-refractivity contribution is 8.25. The third kappa shape index (κ3) is 3.57. The number of benzene rings is 3. The van der Waals surface area contributed by atoms with Crippen LogP contribution in [0, 0.1) is 0 Å². The Kier molecular flexibility index (Phi) is 5.15. The highest BCUT2D eigenvalue weighted by Crippen LogP contribution is 2.45. The smallest absolute Gasteiger partial charge is 0.0721 e. The minimum absolute atomic E-state index is 0.920. The molecule has 0 aliphatic heterocycles. The number of aromatic amines is 1. The van der Waals surface area contributed by atoms with Crippen LogP contribution < -0.4 is 15.9 Å². The number of nitrogens with one attached hydrogen (secondary N) is 1. The van der Waals surface area contributed by atoms with Crippen LogP contribution in [0.3, 0.4) is 0 Å². The molecule has 1 N–H and O–H groups in total. The molecule has 0 spiro atoms. The summed E-state index contributed by atoms with van der Waals surface area (Å²) >= 11 is 6.43. The fraction of sp³-hybridized carbons (Fsp3) is 0. The van der Waals surface area contributed by atoms with Crippen LogP contribution in [-0.4, -0.2) is 11.2 Å². The molecule has 0 unspecified atom stereocenters. The highest BCUT2D eigenvalue weighted by atomic mass is 32.4. The molecular formula is C23H19N2PS. The number of para-hydroxylation sites is 1. The molecule has 0 saturated carbocycles. The van der Waals surface area contributed by atoms with E-state index in [9.17, 15) is 0 Å². The molecule has 3 aromatic carbocycles. The van der Waals surface area contributed by atoms with Gasteiger partial charge in [0, 0.05) is 17.5 Å². The summed E-state index contributed by atoms with van der Waals surface area (Å²) in [5.41, 5.74) is 1.89. The monoisotopic (exact) mass is 386 g/mol. The standard InChI is InChI=1S/C23H19N2PS/c27-26(20-11-3-1-4-12-20,21-13-5-2-6-14-21)23-16-8-7-15-22(23)25-18-19-10-9-17-24-19/h1-18,24H. The van der Waals surface area contributed by atoms with Gasteiger partial charge in [-0.3, -0.25) is 4.99 Å². The normalized spacial score (nSPS) is 11.7. The van der Waals surface area contributed by atoms with Crippen molar-refractivity contribution in [2.24, 2.45) is 4.99 Å². The maximum Gasteiger partial charge on any atom is 0.0721 e. The minimum Gasteiger partial charge on any atom is -0.360 e. The lowest BCUT2D eigenvalue weighted by Crippen LogP contribution is -2.25. The Morgan fingerprint density at radius 2 is 1.30 bits per heavy atom. The lowest BCUT2D eigenvalue weighted by molar-refractivity contribution is 1.38. The lowest BCUT2D eigenvalue weighted by Gasteiger charge is -2.25. The van der Waals surface area contributed by atoms with Gasteiger partial charge in [-0.1, -0.05) is 90.7 Å². The second-order valence-electron chi connectivity index (χ2n) is 6.15. The average molecular weight is 386 g/mol. The molecule has 4 rings (SSSR count). The zero-order valence-electron chi connectivity index (χ0n) is 14.7. The number of H-pyrrole nitrogens is 1. The van der Waals surface area contributed by atoms with E-state index < -0.39 is 6.04 Å². The Morgan fingerprint density at radius 1 is 0.704 bits per heavy atom. The summed E-state index contributed by atoms with van der Waals surface area (Å²) in [6.45, 7) is 0. The topological polar surface area (TPSA) is 28.1 Å². The van der Waals surface area contributed by atoms with Crippen LogP contribution in [0.4, 0.5) is 5.69 Å². The molecular weight excluding hydrogens is 367 g/mol. The van der Waals surface area contributed by atoms with Gasteiger partial charge < -0.3 is 4.98 Å². The van der Waals surface area contributed by atoms with Gasteiger partial charge in [0.25, 0.3) is 0 Å². The molecule has 0 amide bonds. The molecule has 4 heteroatoms. The van der Waals surface area contributed by atoms with E-state index in [4.69, 9.17) is 16.8 Å². The van der Waals surface area contributed by atoms with Crippen molar-refractivity contribution in [2.45, 2.75) is 0 Å². The fourth-order valence-corrected chi connectivity index (χ4v) is 7.09. The predicted molar refractivity (Wildman–Crippen MR) is 121 cm³/mol. The second kappa shape index (κ2) is 7.87. The Balaban J connectivity index is 1.91. The van der Waals surface area contributed by atoms with Gasteiger partial charge in [-0.25, -0.2) is 0 Å². The molecule has 0 bridgehead atoms. The minimum atomic E-state index is -2.21. The fourth-order valence-electron chi connectivity index (χ4n) is 3.11. The molecule has 0 aliphatic carbocycles. The van der Waals surface area contributed by atoms with Gasteiger partial charge in [0.05, 0.1) is 17.6 Å². The Morgan fingerprint density at radius 3 is 1.89 bits per heavy atom. The van der Waals surface area contributed by atoms with Crippen molar-refractivity contribution >= 4 is 45.7 Å². The number of rotatable bonds is 5. The number of hydrogen-bond acceptors (Lipinski definition) is 2. The SMILES string of the molecule is S=P(c1ccccc1)(c1ccccc1)c1ccccc1N=Cc1ccc[nH]1. The van der Waals surface area contributed by atoms with E-state index in [0.717, 1.165) is 16.7 Å². The van der Waals surface area contributed by atoms with Gasteiger partial charge in [0.1, 0.15) is 0 Å². The molecule has 0 fully saturated rings. The van der Waals surface area contributed by atoms with Crippen molar-refractivity contribution in [2.75, 3.05) is 0 Å². The summed E-state index contributed by atoms with van der Waals surface area (Å²) in [5.74, 6) is 0. The molecule has 1 aromatic heterocycles. The largest absolute Gasteiger partial charge is 0.360 e. The van der Waals surface area contributed by atoms with E-state index >= 15 is 0 Å². The Labute approximate surface area is 164 Å². The van der Waals surface area contributed by atoms with E-state index in [1.165, 1.54) is 10.6 Å². The molecule has 27 heavy (non-hydrogen) atoms. The number of hydrogen-bond donors (Lipinski definition) is 1. The van der Waals surface area contributed by atoms with Crippen molar-refractivity contribution in [3.8, 4) is 0 Å². The molecule has 4 aromatic rings. The quantitative estimate of drug-likeness (QED) is 0.396. The van der Waals surface area contributed by atoms with Crippen molar-refractivity contribution in [1.29, 1.82) is 0 Å². The first-order valence-electron chi connectivity index (χ1n) is 8.77. The van der Waals surface area contributed by atoms with E-state index in [1.54, 1.807) is 0 Å². The van der Waals surface area contributed by atoms with E-state index in [-0.39, 0.29) is 0 Å². The van der Waals surface area contributed by atoms with E-state index in [2.05, 4.69) is 65.6 Å². The summed E-state index contributed by atoms with van der Waals surface area (Å²) in [6.07, 6.45) is 3.75. The summed E-state index contributed by atoms with van der Waals surface area (Å²) in [4.78, 5) is 7.93. The number of nitrogens with zero attached hydrogens (tertiary/aromatic N) is 1. The first kappa shape index (κ1) is 17.7. The number of aromatic nitrogens is 1. The Bertz CT molecular complexity index is 1040. The van der Waals surface area contributed by atoms with E-state index in [1.807, 2.05) is 48.8 Å². The number of aliphatic imine (C=N–C) groups is 1. The predicted octanol–water partition coefficient (Wildman–Crippen LogP) is 4.52. The second-order valence-corrected chi connectivity index (χ2v) is 10.5. The van der Waals surface area contributed by atoms with Crippen LogP contribution in [0.15, 0.2) is 108 Å². The first-order chi connectivity index (χ1) is 13.3.